The van der Waals surface area contributed by atoms with Gasteiger partial charge in [-0.1, -0.05) is 13.8 Å². The number of likely N-dealkylation sites (tertiary alicyclic amines) is 1. The molecule has 3 aromatic rings. The van der Waals surface area contributed by atoms with Crippen LogP contribution in [0.1, 0.15) is 25.1 Å². The number of aryl methyl sites for hydroxylation is 1. The van der Waals surface area contributed by atoms with Crippen molar-refractivity contribution in [1.82, 2.24) is 14.5 Å². The third-order valence-electron chi connectivity index (χ3n) is 5.09. The summed E-state index contributed by atoms with van der Waals surface area (Å²) in [4.78, 5) is 35.2. The fraction of sp³-hybridized carbons (Fsp3) is 0.450. The van der Waals surface area contributed by atoms with Crippen molar-refractivity contribution in [2.75, 3.05) is 13.1 Å². The van der Waals surface area contributed by atoms with Gasteiger partial charge in [-0.15, -0.1) is 22.7 Å². The summed E-state index contributed by atoms with van der Waals surface area (Å²) in [6.45, 7) is 8.00. The number of rotatable bonds is 3. The molecule has 27 heavy (non-hydrogen) atoms. The maximum absolute atomic E-state index is 13.1. The van der Waals surface area contributed by atoms with E-state index in [1.165, 1.54) is 27.1 Å². The van der Waals surface area contributed by atoms with Crippen molar-refractivity contribution >= 4 is 38.8 Å². The summed E-state index contributed by atoms with van der Waals surface area (Å²) in [6.07, 6.45) is 2.66. The first-order valence-corrected chi connectivity index (χ1v) is 10.9. The smallest absolute Gasteiger partial charge is 0.263 e. The van der Waals surface area contributed by atoms with Crippen molar-refractivity contribution in [1.29, 1.82) is 0 Å². The highest BCUT2D eigenvalue weighted by Gasteiger charge is 2.26. The molecule has 142 valence electrons. The maximum atomic E-state index is 13.1. The van der Waals surface area contributed by atoms with Crippen LogP contribution in [-0.4, -0.2) is 33.4 Å². The lowest BCUT2D eigenvalue weighted by Crippen LogP contribution is -2.44. The molecule has 4 heterocycles. The average molecular weight is 402 g/mol. The van der Waals surface area contributed by atoms with Crippen molar-refractivity contribution in [2.45, 2.75) is 33.7 Å². The molecule has 0 saturated carbocycles. The molecule has 4 rings (SSSR count). The minimum absolute atomic E-state index is 0.000368. The molecule has 0 bridgehead atoms. The van der Waals surface area contributed by atoms with Crippen LogP contribution in [0.4, 0.5) is 0 Å². The number of carbonyl (C=O) groups is 1. The SMILES string of the molecule is Cc1ccc(-c2csc3ncn(CC(=O)N4C[C@H](C)C[C@@H](C)C4)c(=O)c23)s1. The van der Waals surface area contributed by atoms with Gasteiger partial charge >= 0.3 is 0 Å². The third kappa shape index (κ3) is 3.58. The van der Waals surface area contributed by atoms with E-state index in [1.807, 2.05) is 16.3 Å². The molecular weight excluding hydrogens is 378 g/mol. The predicted octanol–water partition coefficient (Wildman–Crippen LogP) is 4.00. The van der Waals surface area contributed by atoms with Gasteiger partial charge < -0.3 is 4.90 Å². The van der Waals surface area contributed by atoms with E-state index in [9.17, 15) is 9.59 Å². The van der Waals surface area contributed by atoms with Crippen LogP contribution in [-0.2, 0) is 11.3 Å². The average Bonchev–Trinajstić information content (AvgIpc) is 3.22. The Kier molecular flexibility index (Phi) is 4.90. The van der Waals surface area contributed by atoms with Gasteiger partial charge in [-0.3, -0.25) is 14.2 Å². The van der Waals surface area contributed by atoms with E-state index in [2.05, 4.69) is 31.8 Å². The van der Waals surface area contributed by atoms with Crippen LogP contribution >= 0.6 is 22.7 Å². The molecule has 0 unspecified atom stereocenters. The lowest BCUT2D eigenvalue weighted by Gasteiger charge is -2.35. The van der Waals surface area contributed by atoms with Gasteiger partial charge in [-0.05, 0) is 37.3 Å². The Hall–Kier alpha value is -1.99. The summed E-state index contributed by atoms with van der Waals surface area (Å²) in [6, 6.07) is 4.10. The zero-order valence-electron chi connectivity index (χ0n) is 15.8. The maximum Gasteiger partial charge on any atom is 0.263 e. The van der Waals surface area contributed by atoms with E-state index in [0.29, 0.717) is 17.2 Å². The number of hydrogen-bond donors (Lipinski definition) is 0. The lowest BCUT2D eigenvalue weighted by molar-refractivity contribution is -0.134. The normalized spacial score (nSPS) is 20.3. The fourth-order valence-corrected chi connectivity index (χ4v) is 5.82. The summed E-state index contributed by atoms with van der Waals surface area (Å²) in [5, 5.41) is 2.61. The third-order valence-corrected chi connectivity index (χ3v) is 7.01. The van der Waals surface area contributed by atoms with Crippen molar-refractivity contribution < 1.29 is 4.79 Å². The molecule has 0 spiro atoms. The number of fused-ring (bicyclic) bond motifs is 1. The number of aromatic nitrogens is 2. The van der Waals surface area contributed by atoms with Crippen LogP contribution in [0.3, 0.4) is 0 Å². The number of thiophene rings is 2. The predicted molar refractivity (Wildman–Crippen MR) is 111 cm³/mol. The first-order valence-electron chi connectivity index (χ1n) is 9.23. The van der Waals surface area contributed by atoms with Crippen molar-refractivity contribution in [3.63, 3.8) is 0 Å². The number of amides is 1. The van der Waals surface area contributed by atoms with E-state index >= 15 is 0 Å². The summed E-state index contributed by atoms with van der Waals surface area (Å²) < 4.78 is 1.46. The van der Waals surface area contributed by atoms with Crippen molar-refractivity contribution in [2.24, 2.45) is 11.8 Å². The van der Waals surface area contributed by atoms with Crippen LogP contribution < -0.4 is 5.56 Å². The van der Waals surface area contributed by atoms with Gasteiger partial charge in [0, 0.05) is 33.8 Å². The molecule has 1 saturated heterocycles. The van der Waals surface area contributed by atoms with E-state index in [4.69, 9.17) is 0 Å². The summed E-state index contributed by atoms with van der Waals surface area (Å²) >= 11 is 3.14. The quantitative estimate of drug-likeness (QED) is 0.667. The monoisotopic (exact) mass is 401 g/mol. The largest absolute Gasteiger partial charge is 0.341 e. The molecule has 1 aliphatic rings. The Morgan fingerprint density at radius 2 is 2.00 bits per heavy atom. The molecule has 7 heteroatoms. The zero-order valence-corrected chi connectivity index (χ0v) is 17.4. The van der Waals surface area contributed by atoms with Gasteiger partial charge in [0.15, 0.2) is 0 Å². The Morgan fingerprint density at radius 1 is 1.26 bits per heavy atom. The number of hydrogen-bond acceptors (Lipinski definition) is 5. The highest BCUT2D eigenvalue weighted by Crippen LogP contribution is 2.34. The van der Waals surface area contributed by atoms with E-state index < -0.39 is 0 Å². The highest BCUT2D eigenvalue weighted by molar-refractivity contribution is 7.19. The molecule has 3 aromatic heterocycles. The first kappa shape index (κ1) is 18.4. The number of nitrogens with zero attached hydrogens (tertiary/aromatic N) is 3. The number of piperidine rings is 1. The van der Waals surface area contributed by atoms with Crippen LogP contribution in [0.25, 0.3) is 20.7 Å². The molecule has 1 fully saturated rings. The van der Waals surface area contributed by atoms with Gasteiger partial charge in [0.1, 0.15) is 11.4 Å². The van der Waals surface area contributed by atoms with E-state index in [0.717, 1.165) is 34.8 Å². The van der Waals surface area contributed by atoms with Crippen LogP contribution in [0, 0.1) is 18.8 Å². The van der Waals surface area contributed by atoms with Gasteiger partial charge in [0.25, 0.3) is 5.56 Å². The molecule has 2 atom stereocenters. The Bertz CT molecular complexity index is 1040. The Balaban J connectivity index is 1.66. The molecule has 0 radical (unpaired) electrons. The fourth-order valence-electron chi connectivity index (χ4n) is 3.95. The van der Waals surface area contributed by atoms with Crippen molar-refractivity contribution in [3.05, 3.63) is 39.1 Å². The molecular formula is C20H23N3O2S2. The molecule has 0 aliphatic carbocycles. The minimum Gasteiger partial charge on any atom is -0.341 e. The summed E-state index contributed by atoms with van der Waals surface area (Å²) in [5.41, 5.74) is 0.793. The second kappa shape index (κ2) is 7.20. The van der Waals surface area contributed by atoms with E-state index in [-0.39, 0.29) is 18.0 Å². The Morgan fingerprint density at radius 3 is 2.67 bits per heavy atom. The molecule has 0 N–H and O–H groups in total. The van der Waals surface area contributed by atoms with Crippen molar-refractivity contribution in [3.8, 4) is 10.4 Å². The summed E-state index contributed by atoms with van der Waals surface area (Å²) in [5.74, 6) is 1.00. The molecule has 1 amide bonds. The molecule has 0 aromatic carbocycles. The highest BCUT2D eigenvalue weighted by atomic mass is 32.1. The standard InChI is InChI=1S/C20H23N3O2S2/c1-12-6-13(2)8-22(7-12)17(24)9-23-11-21-19-18(20(23)25)15(10-26-19)16-5-4-14(3)27-16/h4-5,10-13H,6-9H2,1-3H3/t12-,13-/m1/s1. The van der Waals surface area contributed by atoms with Gasteiger partial charge in [0.05, 0.1) is 11.7 Å². The second-order valence-corrected chi connectivity index (χ2v) is 9.81. The topological polar surface area (TPSA) is 55.2 Å². The van der Waals surface area contributed by atoms with Crippen LogP contribution in [0.15, 0.2) is 28.6 Å². The van der Waals surface area contributed by atoms with Crippen LogP contribution in [0.5, 0.6) is 0 Å². The molecule has 1 aliphatic heterocycles. The zero-order chi connectivity index (χ0) is 19.1. The second-order valence-electron chi connectivity index (χ2n) is 7.66. The van der Waals surface area contributed by atoms with Gasteiger partial charge in [0.2, 0.25) is 5.91 Å². The van der Waals surface area contributed by atoms with Gasteiger partial charge in [-0.2, -0.15) is 0 Å². The first-order chi connectivity index (χ1) is 12.9. The van der Waals surface area contributed by atoms with Gasteiger partial charge in [-0.25, -0.2) is 4.98 Å². The minimum atomic E-state index is -0.131. The van der Waals surface area contributed by atoms with Crippen LogP contribution in [0.2, 0.25) is 0 Å². The lowest BCUT2D eigenvalue weighted by atomic mass is 9.92. The summed E-state index contributed by atoms with van der Waals surface area (Å²) in [7, 11) is 0. The Labute approximate surface area is 166 Å². The number of carbonyl (C=O) groups excluding carboxylic acids is 1. The molecule has 5 nitrogen and oxygen atoms in total. The van der Waals surface area contributed by atoms with E-state index in [1.54, 1.807) is 11.3 Å².